The number of aromatic nitrogens is 2. The smallest absolute Gasteiger partial charge is 0.355 e. The standard InChI is InChI=1S/C18H19F3N4O/c19-18(20,21)15-6-7-16(24-23-15)25-10-8-14(9-11-25)17(26)22-12-13-4-2-1-3-5-13/h1-7,14H,8-12H2,(H,22,26). The molecule has 1 aliphatic rings. The normalized spacial score (nSPS) is 15.7. The molecule has 1 saturated heterocycles. The van der Waals surface area contributed by atoms with Gasteiger partial charge in [0.1, 0.15) is 0 Å². The number of anilines is 1. The van der Waals surface area contributed by atoms with Gasteiger partial charge in [-0.1, -0.05) is 30.3 Å². The highest BCUT2D eigenvalue weighted by Gasteiger charge is 2.33. The Morgan fingerprint density at radius 1 is 1.08 bits per heavy atom. The second kappa shape index (κ2) is 7.72. The maximum atomic E-state index is 12.5. The van der Waals surface area contributed by atoms with Crippen molar-refractivity contribution in [2.75, 3.05) is 18.0 Å². The Labute approximate surface area is 149 Å². The molecule has 0 radical (unpaired) electrons. The van der Waals surface area contributed by atoms with Gasteiger partial charge in [0.25, 0.3) is 0 Å². The number of piperidine rings is 1. The maximum absolute atomic E-state index is 12.5. The predicted octanol–water partition coefficient (Wildman–Crippen LogP) is 3.03. The van der Waals surface area contributed by atoms with Gasteiger partial charge in [-0.3, -0.25) is 4.79 Å². The summed E-state index contributed by atoms with van der Waals surface area (Å²) in [6.07, 6.45) is -3.23. The zero-order valence-electron chi connectivity index (χ0n) is 14.0. The number of amides is 1. The lowest BCUT2D eigenvalue weighted by Gasteiger charge is -2.31. The summed E-state index contributed by atoms with van der Waals surface area (Å²) in [5, 5.41) is 9.85. The Morgan fingerprint density at radius 2 is 1.77 bits per heavy atom. The van der Waals surface area contributed by atoms with Gasteiger partial charge in [-0.05, 0) is 30.5 Å². The Bertz CT molecular complexity index is 726. The van der Waals surface area contributed by atoms with Crippen LogP contribution in [0.5, 0.6) is 0 Å². The molecule has 0 bridgehead atoms. The van der Waals surface area contributed by atoms with Crippen LogP contribution in [0.4, 0.5) is 19.0 Å². The molecule has 2 aromatic rings. The number of carbonyl (C=O) groups is 1. The fourth-order valence-electron chi connectivity index (χ4n) is 2.95. The molecular formula is C18H19F3N4O. The van der Waals surface area contributed by atoms with Crippen molar-refractivity contribution in [3.8, 4) is 0 Å². The molecule has 1 N–H and O–H groups in total. The molecule has 1 amide bonds. The van der Waals surface area contributed by atoms with Gasteiger partial charge in [0.15, 0.2) is 11.5 Å². The van der Waals surface area contributed by atoms with Gasteiger partial charge < -0.3 is 10.2 Å². The molecular weight excluding hydrogens is 345 g/mol. The zero-order valence-corrected chi connectivity index (χ0v) is 14.0. The molecule has 0 spiro atoms. The summed E-state index contributed by atoms with van der Waals surface area (Å²) in [6.45, 7) is 1.61. The second-order valence-electron chi connectivity index (χ2n) is 6.24. The fourth-order valence-corrected chi connectivity index (χ4v) is 2.95. The van der Waals surface area contributed by atoms with Gasteiger partial charge in [-0.15, -0.1) is 10.2 Å². The third-order valence-corrected chi connectivity index (χ3v) is 4.44. The average molecular weight is 364 g/mol. The number of halogens is 3. The molecule has 8 heteroatoms. The maximum Gasteiger partial charge on any atom is 0.435 e. The van der Waals surface area contributed by atoms with Crippen molar-refractivity contribution in [2.45, 2.75) is 25.6 Å². The first kappa shape index (κ1) is 18.2. The number of nitrogens with one attached hydrogen (secondary N) is 1. The lowest BCUT2D eigenvalue weighted by molar-refractivity contribution is -0.141. The van der Waals surface area contributed by atoms with Crippen LogP contribution in [0.1, 0.15) is 24.1 Å². The van der Waals surface area contributed by atoms with Crippen molar-refractivity contribution in [3.63, 3.8) is 0 Å². The van der Waals surface area contributed by atoms with E-state index in [0.29, 0.717) is 38.3 Å². The van der Waals surface area contributed by atoms with Gasteiger partial charge in [0.05, 0.1) is 0 Å². The van der Waals surface area contributed by atoms with E-state index in [0.717, 1.165) is 11.6 Å². The summed E-state index contributed by atoms with van der Waals surface area (Å²) in [6, 6.07) is 11.9. The van der Waals surface area contributed by atoms with E-state index in [1.807, 2.05) is 35.2 Å². The third-order valence-electron chi connectivity index (χ3n) is 4.44. The fraction of sp³-hybridized carbons (Fsp3) is 0.389. The highest BCUT2D eigenvalue weighted by atomic mass is 19.4. The largest absolute Gasteiger partial charge is 0.435 e. The first-order chi connectivity index (χ1) is 12.4. The Hall–Kier alpha value is -2.64. The first-order valence-corrected chi connectivity index (χ1v) is 8.41. The molecule has 26 heavy (non-hydrogen) atoms. The van der Waals surface area contributed by atoms with Crippen LogP contribution in [0.3, 0.4) is 0 Å². The van der Waals surface area contributed by atoms with Gasteiger partial charge in [0.2, 0.25) is 5.91 Å². The van der Waals surface area contributed by atoms with E-state index in [1.54, 1.807) is 0 Å². The molecule has 1 aromatic carbocycles. The molecule has 5 nitrogen and oxygen atoms in total. The van der Waals surface area contributed by atoms with Crippen molar-refractivity contribution in [1.29, 1.82) is 0 Å². The Kier molecular flexibility index (Phi) is 5.39. The summed E-state index contributed by atoms with van der Waals surface area (Å²) in [7, 11) is 0. The lowest BCUT2D eigenvalue weighted by Crippen LogP contribution is -2.40. The summed E-state index contributed by atoms with van der Waals surface area (Å²) >= 11 is 0. The van der Waals surface area contributed by atoms with Gasteiger partial charge in [-0.25, -0.2) is 0 Å². The number of rotatable bonds is 4. The monoisotopic (exact) mass is 364 g/mol. The lowest BCUT2D eigenvalue weighted by atomic mass is 9.96. The van der Waals surface area contributed by atoms with Crippen LogP contribution in [0.15, 0.2) is 42.5 Å². The number of hydrogen-bond acceptors (Lipinski definition) is 4. The Morgan fingerprint density at radius 3 is 2.35 bits per heavy atom. The highest BCUT2D eigenvalue weighted by Crippen LogP contribution is 2.28. The molecule has 0 unspecified atom stereocenters. The zero-order chi connectivity index (χ0) is 18.6. The molecule has 0 atom stereocenters. The molecule has 1 aromatic heterocycles. The minimum Gasteiger partial charge on any atom is -0.355 e. The summed E-state index contributed by atoms with van der Waals surface area (Å²) in [5.41, 5.74) is 0.0368. The van der Waals surface area contributed by atoms with E-state index in [-0.39, 0.29) is 11.8 Å². The molecule has 0 aliphatic carbocycles. The molecule has 0 saturated carbocycles. The summed E-state index contributed by atoms with van der Waals surface area (Å²) in [4.78, 5) is 14.1. The van der Waals surface area contributed by atoms with Crippen LogP contribution in [-0.2, 0) is 17.5 Å². The quantitative estimate of drug-likeness (QED) is 0.906. The van der Waals surface area contributed by atoms with Crippen molar-refractivity contribution in [2.24, 2.45) is 5.92 Å². The topological polar surface area (TPSA) is 58.1 Å². The highest BCUT2D eigenvalue weighted by molar-refractivity contribution is 5.78. The summed E-state index contributed by atoms with van der Waals surface area (Å²) in [5.74, 6) is 0.311. The van der Waals surface area contributed by atoms with Crippen LogP contribution in [0.2, 0.25) is 0 Å². The van der Waals surface area contributed by atoms with Gasteiger partial charge in [-0.2, -0.15) is 13.2 Å². The summed E-state index contributed by atoms with van der Waals surface area (Å²) < 4.78 is 37.6. The van der Waals surface area contributed by atoms with Crippen molar-refractivity contribution in [3.05, 3.63) is 53.7 Å². The van der Waals surface area contributed by atoms with Crippen LogP contribution in [-0.4, -0.2) is 29.2 Å². The average Bonchev–Trinajstić information content (AvgIpc) is 2.66. The number of carbonyl (C=O) groups excluding carboxylic acids is 1. The van der Waals surface area contributed by atoms with E-state index < -0.39 is 11.9 Å². The van der Waals surface area contributed by atoms with Gasteiger partial charge >= 0.3 is 6.18 Å². The Balaban J connectivity index is 1.50. The molecule has 1 aliphatic heterocycles. The minimum atomic E-state index is -4.49. The van der Waals surface area contributed by atoms with Crippen molar-refractivity contribution >= 4 is 11.7 Å². The molecule has 138 valence electrons. The predicted molar refractivity (Wildman–Crippen MR) is 90.3 cm³/mol. The van der Waals surface area contributed by atoms with E-state index >= 15 is 0 Å². The number of nitrogens with zero attached hydrogens (tertiary/aromatic N) is 3. The molecule has 2 heterocycles. The SMILES string of the molecule is O=C(NCc1ccccc1)C1CCN(c2ccc(C(F)(F)F)nn2)CC1. The van der Waals surface area contributed by atoms with Crippen LogP contribution >= 0.6 is 0 Å². The van der Waals surface area contributed by atoms with Gasteiger partial charge in [0, 0.05) is 25.6 Å². The number of hydrogen-bond donors (Lipinski definition) is 1. The van der Waals surface area contributed by atoms with Crippen LogP contribution in [0.25, 0.3) is 0 Å². The first-order valence-electron chi connectivity index (χ1n) is 8.41. The van der Waals surface area contributed by atoms with Crippen molar-refractivity contribution in [1.82, 2.24) is 15.5 Å². The van der Waals surface area contributed by atoms with E-state index in [4.69, 9.17) is 0 Å². The van der Waals surface area contributed by atoms with E-state index in [2.05, 4.69) is 15.5 Å². The van der Waals surface area contributed by atoms with Crippen LogP contribution < -0.4 is 10.2 Å². The number of alkyl halides is 3. The minimum absolute atomic E-state index is 0.00649. The van der Waals surface area contributed by atoms with Crippen molar-refractivity contribution < 1.29 is 18.0 Å². The second-order valence-corrected chi connectivity index (χ2v) is 6.24. The van der Waals surface area contributed by atoms with E-state index in [1.165, 1.54) is 6.07 Å². The molecule has 3 rings (SSSR count). The third kappa shape index (κ3) is 4.50. The number of benzene rings is 1. The van der Waals surface area contributed by atoms with E-state index in [9.17, 15) is 18.0 Å². The molecule has 1 fully saturated rings. The van der Waals surface area contributed by atoms with Crippen LogP contribution in [0, 0.1) is 5.92 Å².